The number of nitriles is 1. The first-order chi connectivity index (χ1) is 6.54. The van der Waals surface area contributed by atoms with Gasteiger partial charge in [-0.25, -0.2) is 0 Å². The number of carboxylic acids is 1. The number of aliphatic carboxylic acids is 1. The molecule has 14 heavy (non-hydrogen) atoms. The van der Waals surface area contributed by atoms with E-state index in [0.29, 0.717) is 13.1 Å². The van der Waals surface area contributed by atoms with Crippen molar-refractivity contribution in [3.63, 3.8) is 0 Å². The van der Waals surface area contributed by atoms with Gasteiger partial charge in [0.1, 0.15) is 5.92 Å². The fourth-order valence-corrected chi connectivity index (χ4v) is 0.989. The third-order valence-electron chi connectivity index (χ3n) is 1.93. The topological polar surface area (TPSA) is 81.4 Å². The lowest BCUT2D eigenvalue weighted by molar-refractivity contribution is -0.150. The molecule has 0 aromatic rings. The molecule has 0 rings (SSSR count). The van der Waals surface area contributed by atoms with Crippen molar-refractivity contribution in [2.75, 3.05) is 13.1 Å². The van der Waals surface area contributed by atoms with Crippen molar-refractivity contribution >= 4 is 11.9 Å². The maximum atomic E-state index is 11.5. The summed E-state index contributed by atoms with van der Waals surface area (Å²) in [5.41, 5.74) is 0. The Kier molecular flexibility index (Phi) is 5.30. The molecule has 5 heteroatoms. The van der Waals surface area contributed by atoms with Crippen LogP contribution < -0.4 is 0 Å². The smallest absolute Gasteiger partial charge is 0.315 e. The van der Waals surface area contributed by atoms with Gasteiger partial charge in [0.15, 0.2) is 0 Å². The summed E-state index contributed by atoms with van der Waals surface area (Å²) in [4.78, 5) is 23.4. The van der Waals surface area contributed by atoms with Gasteiger partial charge < -0.3 is 10.0 Å². The molecule has 0 heterocycles. The predicted octanol–water partition coefficient (Wildman–Crippen LogP) is 0.469. The highest BCUT2D eigenvalue weighted by Crippen LogP contribution is 2.03. The van der Waals surface area contributed by atoms with E-state index in [1.54, 1.807) is 6.92 Å². The van der Waals surface area contributed by atoms with Crippen LogP contribution in [0.4, 0.5) is 0 Å². The minimum atomic E-state index is -1.13. The van der Waals surface area contributed by atoms with Crippen LogP contribution in [0.1, 0.15) is 20.3 Å². The van der Waals surface area contributed by atoms with Gasteiger partial charge in [-0.1, -0.05) is 0 Å². The molecule has 78 valence electrons. The van der Waals surface area contributed by atoms with Gasteiger partial charge in [-0.3, -0.25) is 9.59 Å². The maximum absolute atomic E-state index is 11.5. The van der Waals surface area contributed by atoms with E-state index in [9.17, 15) is 9.59 Å². The number of carbonyl (C=O) groups is 2. The normalized spacial score (nSPS) is 11.5. The summed E-state index contributed by atoms with van der Waals surface area (Å²) in [6, 6.07) is 1.91. The van der Waals surface area contributed by atoms with Gasteiger partial charge in [0.05, 0.1) is 12.5 Å². The summed E-state index contributed by atoms with van der Waals surface area (Å²) in [7, 11) is 0. The number of carboxylic acid groups (broad SMARTS) is 1. The molecule has 0 fully saturated rings. The molecule has 0 aliphatic carbocycles. The van der Waals surface area contributed by atoms with Gasteiger partial charge in [0.25, 0.3) is 0 Å². The highest BCUT2D eigenvalue weighted by molar-refractivity contribution is 5.96. The zero-order valence-electron chi connectivity index (χ0n) is 8.36. The molecule has 1 N–H and O–H groups in total. The largest absolute Gasteiger partial charge is 0.481 e. The van der Waals surface area contributed by atoms with E-state index in [2.05, 4.69) is 0 Å². The average molecular weight is 198 g/mol. The first kappa shape index (κ1) is 12.4. The minimum Gasteiger partial charge on any atom is -0.481 e. The number of carbonyl (C=O) groups excluding carboxylic acids is 1. The number of rotatable bonds is 5. The van der Waals surface area contributed by atoms with Crippen LogP contribution in [0, 0.1) is 17.2 Å². The molecule has 0 spiro atoms. The molecule has 5 nitrogen and oxygen atoms in total. The van der Waals surface area contributed by atoms with Crippen molar-refractivity contribution in [1.82, 2.24) is 4.90 Å². The summed E-state index contributed by atoms with van der Waals surface area (Å²) >= 11 is 0. The zero-order chi connectivity index (χ0) is 11.1. The Hall–Kier alpha value is -1.57. The Bertz CT molecular complexity index is 257. The summed E-state index contributed by atoms with van der Waals surface area (Å²) < 4.78 is 0. The molecular formula is C9H14N2O3. The summed E-state index contributed by atoms with van der Waals surface area (Å²) in [5, 5.41) is 16.9. The zero-order valence-corrected chi connectivity index (χ0v) is 8.36. The van der Waals surface area contributed by atoms with Gasteiger partial charge in [-0.05, 0) is 13.8 Å². The van der Waals surface area contributed by atoms with Gasteiger partial charge in [-0.15, -0.1) is 0 Å². The van der Waals surface area contributed by atoms with Crippen LogP contribution in [-0.4, -0.2) is 35.0 Å². The lowest BCUT2D eigenvalue weighted by Crippen LogP contribution is -2.38. The molecule has 0 radical (unpaired) electrons. The third kappa shape index (κ3) is 3.44. The van der Waals surface area contributed by atoms with Crippen LogP contribution in [0.2, 0.25) is 0 Å². The van der Waals surface area contributed by atoms with E-state index >= 15 is 0 Å². The molecular weight excluding hydrogens is 184 g/mol. The fourth-order valence-electron chi connectivity index (χ4n) is 0.989. The van der Waals surface area contributed by atoms with Crippen LogP contribution in [0.15, 0.2) is 0 Å². The van der Waals surface area contributed by atoms with Crippen molar-refractivity contribution in [1.29, 1.82) is 5.26 Å². The molecule has 0 saturated heterocycles. The molecule has 1 amide bonds. The van der Waals surface area contributed by atoms with Crippen LogP contribution >= 0.6 is 0 Å². The lowest BCUT2D eigenvalue weighted by atomic mass is 10.1. The average Bonchev–Trinajstić information content (AvgIpc) is 2.17. The number of hydrogen-bond donors (Lipinski definition) is 1. The summed E-state index contributed by atoms with van der Waals surface area (Å²) in [6.45, 7) is 3.82. The van der Waals surface area contributed by atoms with Crippen molar-refractivity contribution in [2.45, 2.75) is 20.3 Å². The molecule has 0 aromatic heterocycles. The Morgan fingerprint density at radius 1 is 1.57 bits per heavy atom. The Balaban J connectivity index is 4.31. The maximum Gasteiger partial charge on any atom is 0.315 e. The van der Waals surface area contributed by atoms with Crippen molar-refractivity contribution < 1.29 is 14.7 Å². The number of nitrogens with zero attached hydrogens (tertiary/aromatic N) is 2. The fraction of sp³-hybridized carbons (Fsp3) is 0.667. The van der Waals surface area contributed by atoms with Crippen LogP contribution in [0.3, 0.4) is 0 Å². The van der Waals surface area contributed by atoms with E-state index < -0.39 is 17.8 Å². The highest BCUT2D eigenvalue weighted by atomic mass is 16.4. The standard InChI is InChI=1S/C9H14N2O3/c1-3-11(6-4-5-10)8(12)7(2)9(13)14/h7H,3-4,6H2,1-2H3,(H,13,14). The van der Waals surface area contributed by atoms with E-state index in [4.69, 9.17) is 10.4 Å². The first-order valence-electron chi connectivity index (χ1n) is 4.43. The Morgan fingerprint density at radius 3 is 2.50 bits per heavy atom. The molecule has 0 saturated carbocycles. The Morgan fingerprint density at radius 2 is 2.14 bits per heavy atom. The second-order valence-corrected chi connectivity index (χ2v) is 2.89. The molecule has 1 atom stereocenters. The van der Waals surface area contributed by atoms with Crippen molar-refractivity contribution in [3.8, 4) is 6.07 Å². The van der Waals surface area contributed by atoms with Gasteiger partial charge in [-0.2, -0.15) is 5.26 Å². The van der Waals surface area contributed by atoms with E-state index in [1.807, 2.05) is 6.07 Å². The Labute approximate surface area is 82.9 Å². The highest BCUT2D eigenvalue weighted by Gasteiger charge is 2.24. The van der Waals surface area contributed by atoms with E-state index in [1.165, 1.54) is 11.8 Å². The van der Waals surface area contributed by atoms with Crippen LogP contribution in [0.25, 0.3) is 0 Å². The minimum absolute atomic E-state index is 0.228. The van der Waals surface area contributed by atoms with Gasteiger partial charge >= 0.3 is 5.97 Å². The van der Waals surface area contributed by atoms with E-state index in [-0.39, 0.29) is 6.42 Å². The quantitative estimate of drug-likeness (QED) is 0.651. The van der Waals surface area contributed by atoms with Crippen LogP contribution in [0.5, 0.6) is 0 Å². The monoisotopic (exact) mass is 198 g/mol. The molecule has 0 aromatic carbocycles. The summed E-state index contributed by atoms with van der Waals surface area (Å²) in [6.07, 6.45) is 0.228. The van der Waals surface area contributed by atoms with E-state index in [0.717, 1.165) is 0 Å². The summed E-state index contributed by atoms with van der Waals surface area (Å²) in [5.74, 6) is -2.60. The van der Waals surface area contributed by atoms with Crippen molar-refractivity contribution in [2.24, 2.45) is 5.92 Å². The second-order valence-electron chi connectivity index (χ2n) is 2.89. The molecule has 1 unspecified atom stereocenters. The van der Waals surface area contributed by atoms with Gasteiger partial charge in [0.2, 0.25) is 5.91 Å². The number of amides is 1. The van der Waals surface area contributed by atoms with Crippen molar-refractivity contribution in [3.05, 3.63) is 0 Å². The molecule has 0 bridgehead atoms. The predicted molar refractivity (Wildman–Crippen MR) is 49.3 cm³/mol. The first-order valence-corrected chi connectivity index (χ1v) is 4.43. The van der Waals surface area contributed by atoms with Gasteiger partial charge in [0, 0.05) is 13.1 Å². The third-order valence-corrected chi connectivity index (χ3v) is 1.93. The molecule has 0 aliphatic heterocycles. The molecule has 0 aliphatic rings. The second kappa shape index (κ2) is 5.97. The lowest BCUT2D eigenvalue weighted by Gasteiger charge is -2.21. The SMILES string of the molecule is CCN(CCC#N)C(=O)C(C)C(=O)O. The number of hydrogen-bond acceptors (Lipinski definition) is 3. The van der Waals surface area contributed by atoms with Crippen LogP contribution in [-0.2, 0) is 9.59 Å².